The van der Waals surface area contributed by atoms with E-state index in [-0.39, 0.29) is 0 Å². The zero-order valence-corrected chi connectivity index (χ0v) is 9.15. The molecule has 0 aromatic heterocycles. The second-order valence-corrected chi connectivity index (χ2v) is 5.15. The van der Waals surface area contributed by atoms with E-state index >= 15 is 0 Å². The van der Waals surface area contributed by atoms with Crippen LogP contribution in [0.5, 0.6) is 0 Å². The van der Waals surface area contributed by atoms with Gasteiger partial charge in [0.25, 0.3) is 0 Å². The maximum atomic E-state index is 5.58. The third kappa shape index (κ3) is 5.20. The van der Waals surface area contributed by atoms with Crippen molar-refractivity contribution in [2.75, 3.05) is 0 Å². The lowest BCUT2D eigenvalue weighted by Gasteiger charge is -2.05. The highest BCUT2D eigenvalue weighted by molar-refractivity contribution is 6.67. The van der Waals surface area contributed by atoms with Crippen LogP contribution >= 0.6 is 34.8 Å². The molecular formula is C10H9Cl3. The standard InChI is InChI=1S/C10H9Cl3/c11-10(12,13)8-4-7-9-5-2-1-3-6-9/h1-7H,8H2/b7-4-. The lowest BCUT2D eigenvalue weighted by molar-refractivity contribution is 1.08. The third-order valence-corrected chi connectivity index (χ3v) is 1.92. The van der Waals surface area contributed by atoms with Gasteiger partial charge in [0.2, 0.25) is 0 Å². The van der Waals surface area contributed by atoms with Crippen LogP contribution in [0.2, 0.25) is 0 Å². The molecule has 70 valence electrons. The van der Waals surface area contributed by atoms with Crippen LogP contribution in [-0.4, -0.2) is 3.79 Å². The Hall–Kier alpha value is -0.170. The minimum atomic E-state index is -1.19. The van der Waals surface area contributed by atoms with E-state index < -0.39 is 3.79 Å². The summed E-state index contributed by atoms with van der Waals surface area (Å²) in [6, 6.07) is 9.89. The van der Waals surface area contributed by atoms with E-state index in [2.05, 4.69) is 0 Å². The molecule has 0 aliphatic heterocycles. The van der Waals surface area contributed by atoms with Gasteiger partial charge in [-0.15, -0.1) is 0 Å². The fourth-order valence-corrected chi connectivity index (χ4v) is 1.16. The van der Waals surface area contributed by atoms with Gasteiger partial charge in [0.1, 0.15) is 0 Å². The Labute approximate surface area is 93.1 Å². The molecular weight excluding hydrogens is 226 g/mol. The van der Waals surface area contributed by atoms with Crippen LogP contribution in [0.25, 0.3) is 6.08 Å². The fourth-order valence-electron chi connectivity index (χ4n) is 0.893. The average molecular weight is 236 g/mol. The van der Waals surface area contributed by atoms with E-state index in [1.165, 1.54) is 0 Å². The second-order valence-electron chi connectivity index (χ2n) is 2.63. The minimum Gasteiger partial charge on any atom is -0.0833 e. The lowest BCUT2D eigenvalue weighted by atomic mass is 10.2. The summed E-state index contributed by atoms with van der Waals surface area (Å²) in [4.78, 5) is 0. The molecule has 0 aliphatic carbocycles. The van der Waals surface area contributed by atoms with Gasteiger partial charge in [-0.3, -0.25) is 0 Å². The number of allylic oxidation sites excluding steroid dienone is 1. The number of benzene rings is 1. The predicted molar refractivity (Wildman–Crippen MR) is 60.4 cm³/mol. The summed E-state index contributed by atoms with van der Waals surface area (Å²) in [5, 5.41) is 0. The molecule has 3 heteroatoms. The number of hydrogen-bond acceptors (Lipinski definition) is 0. The highest BCUT2D eigenvalue weighted by Crippen LogP contribution is 2.30. The summed E-state index contributed by atoms with van der Waals surface area (Å²) in [6.45, 7) is 0. The molecule has 0 aliphatic rings. The van der Waals surface area contributed by atoms with Crippen LogP contribution in [0.15, 0.2) is 36.4 Å². The molecule has 0 nitrogen and oxygen atoms in total. The van der Waals surface area contributed by atoms with Crippen molar-refractivity contribution in [3.05, 3.63) is 42.0 Å². The summed E-state index contributed by atoms with van der Waals surface area (Å²) < 4.78 is -1.19. The van der Waals surface area contributed by atoms with Crippen molar-refractivity contribution in [3.8, 4) is 0 Å². The molecule has 0 saturated carbocycles. The Morgan fingerprint density at radius 1 is 1.08 bits per heavy atom. The zero-order valence-electron chi connectivity index (χ0n) is 6.88. The Kier molecular flexibility index (Phi) is 4.11. The largest absolute Gasteiger partial charge is 0.194 e. The topological polar surface area (TPSA) is 0 Å². The van der Waals surface area contributed by atoms with Gasteiger partial charge in [0.05, 0.1) is 0 Å². The maximum absolute atomic E-state index is 5.58. The van der Waals surface area contributed by atoms with Gasteiger partial charge >= 0.3 is 0 Å². The highest BCUT2D eigenvalue weighted by Gasteiger charge is 2.16. The third-order valence-electron chi connectivity index (χ3n) is 1.46. The number of halogens is 3. The Balaban J connectivity index is 2.51. The van der Waals surface area contributed by atoms with Gasteiger partial charge in [0, 0.05) is 6.42 Å². The zero-order chi connectivity index (χ0) is 9.73. The van der Waals surface area contributed by atoms with Gasteiger partial charge in [-0.05, 0) is 5.56 Å². The molecule has 0 spiro atoms. The lowest BCUT2D eigenvalue weighted by Crippen LogP contribution is -1.97. The highest BCUT2D eigenvalue weighted by atomic mass is 35.6. The van der Waals surface area contributed by atoms with Crippen LogP contribution in [0, 0.1) is 0 Å². The van der Waals surface area contributed by atoms with Gasteiger partial charge in [-0.2, -0.15) is 0 Å². The summed E-state index contributed by atoms with van der Waals surface area (Å²) in [5.41, 5.74) is 1.11. The first-order valence-corrected chi connectivity index (χ1v) is 5.00. The molecule has 1 rings (SSSR count). The minimum absolute atomic E-state index is 0.423. The summed E-state index contributed by atoms with van der Waals surface area (Å²) in [6.07, 6.45) is 4.21. The number of hydrogen-bond donors (Lipinski definition) is 0. The molecule has 1 aromatic rings. The maximum Gasteiger partial charge on any atom is 0.194 e. The summed E-state index contributed by atoms with van der Waals surface area (Å²) in [5.74, 6) is 0. The molecule has 13 heavy (non-hydrogen) atoms. The molecule has 0 heterocycles. The summed E-state index contributed by atoms with van der Waals surface area (Å²) >= 11 is 16.7. The molecule has 0 fully saturated rings. The van der Waals surface area contributed by atoms with E-state index in [4.69, 9.17) is 34.8 Å². The molecule has 1 aromatic carbocycles. The second kappa shape index (κ2) is 4.90. The van der Waals surface area contributed by atoms with Crippen molar-refractivity contribution in [2.45, 2.75) is 10.2 Å². The quantitative estimate of drug-likeness (QED) is 0.664. The van der Waals surface area contributed by atoms with Crippen LogP contribution in [0.1, 0.15) is 12.0 Å². The van der Waals surface area contributed by atoms with Gasteiger partial charge in [-0.25, -0.2) is 0 Å². The van der Waals surface area contributed by atoms with Crippen LogP contribution in [0.3, 0.4) is 0 Å². The van der Waals surface area contributed by atoms with Crippen LogP contribution in [-0.2, 0) is 0 Å². The SMILES string of the molecule is ClC(Cl)(Cl)C/C=C\c1ccccc1. The molecule has 0 radical (unpaired) electrons. The van der Waals surface area contributed by atoms with Crippen LogP contribution in [0.4, 0.5) is 0 Å². The monoisotopic (exact) mass is 234 g/mol. The first-order valence-electron chi connectivity index (χ1n) is 3.86. The Morgan fingerprint density at radius 2 is 1.69 bits per heavy atom. The normalized spacial score (nSPS) is 12.2. The van der Waals surface area contributed by atoms with Crippen LogP contribution < -0.4 is 0 Å². The fraction of sp³-hybridized carbons (Fsp3) is 0.200. The molecule has 0 saturated heterocycles. The van der Waals surface area contributed by atoms with Crippen molar-refractivity contribution in [1.29, 1.82) is 0 Å². The first-order chi connectivity index (χ1) is 6.08. The van der Waals surface area contributed by atoms with Gasteiger partial charge < -0.3 is 0 Å². The van der Waals surface area contributed by atoms with Gasteiger partial charge in [0.15, 0.2) is 3.79 Å². The first kappa shape index (κ1) is 10.9. The Bertz CT molecular complexity index is 272. The van der Waals surface area contributed by atoms with Crippen molar-refractivity contribution >= 4 is 40.9 Å². The predicted octanol–water partition coefficient (Wildman–Crippen LogP) is 4.46. The molecule has 0 unspecified atom stereocenters. The van der Waals surface area contributed by atoms with E-state index in [0.717, 1.165) is 5.56 Å². The smallest absolute Gasteiger partial charge is 0.0833 e. The van der Waals surface area contributed by atoms with Crippen molar-refractivity contribution in [1.82, 2.24) is 0 Å². The Morgan fingerprint density at radius 3 is 2.23 bits per heavy atom. The summed E-state index contributed by atoms with van der Waals surface area (Å²) in [7, 11) is 0. The average Bonchev–Trinajstić information content (AvgIpc) is 2.04. The number of rotatable bonds is 2. The van der Waals surface area contributed by atoms with Crippen molar-refractivity contribution in [2.24, 2.45) is 0 Å². The van der Waals surface area contributed by atoms with E-state index in [9.17, 15) is 0 Å². The molecule has 0 bridgehead atoms. The van der Waals surface area contributed by atoms with Crippen molar-refractivity contribution < 1.29 is 0 Å². The van der Waals surface area contributed by atoms with Crippen molar-refractivity contribution in [3.63, 3.8) is 0 Å². The van der Waals surface area contributed by atoms with E-state index in [1.54, 1.807) is 0 Å². The van der Waals surface area contributed by atoms with Gasteiger partial charge in [-0.1, -0.05) is 77.3 Å². The molecule has 0 amide bonds. The molecule has 0 atom stereocenters. The van der Waals surface area contributed by atoms with E-state index in [0.29, 0.717) is 6.42 Å². The number of alkyl halides is 3. The molecule has 0 N–H and O–H groups in total. The van der Waals surface area contributed by atoms with E-state index in [1.807, 2.05) is 42.5 Å².